The number of hydrogen-bond donors (Lipinski definition) is 2. The molecule has 17 heavy (non-hydrogen) atoms. The van der Waals surface area contributed by atoms with Gasteiger partial charge in [-0.3, -0.25) is 4.79 Å². The van der Waals surface area contributed by atoms with E-state index in [0.29, 0.717) is 11.5 Å². The van der Waals surface area contributed by atoms with Crippen LogP contribution in [0.5, 0.6) is 5.75 Å². The van der Waals surface area contributed by atoms with Gasteiger partial charge in [0.15, 0.2) is 0 Å². The SMILES string of the molecule is CC(NC(=O)c1cccc(O)c1)C1CCCC1. The molecule has 0 saturated heterocycles. The first-order valence-corrected chi connectivity index (χ1v) is 6.26. The third kappa shape index (κ3) is 2.99. The molecule has 1 atom stereocenters. The number of hydrogen-bond acceptors (Lipinski definition) is 2. The highest BCUT2D eigenvalue weighted by atomic mass is 16.3. The summed E-state index contributed by atoms with van der Waals surface area (Å²) in [5.74, 6) is 0.641. The highest BCUT2D eigenvalue weighted by Gasteiger charge is 2.23. The molecule has 0 bridgehead atoms. The molecule has 1 aliphatic carbocycles. The molecule has 1 aliphatic rings. The van der Waals surface area contributed by atoms with Crippen molar-refractivity contribution in [3.63, 3.8) is 0 Å². The van der Waals surface area contributed by atoms with Gasteiger partial charge in [0.25, 0.3) is 5.91 Å². The van der Waals surface area contributed by atoms with Crippen molar-refractivity contribution < 1.29 is 9.90 Å². The molecule has 0 aliphatic heterocycles. The summed E-state index contributed by atoms with van der Waals surface area (Å²) in [7, 11) is 0. The molecule has 3 nitrogen and oxygen atoms in total. The molecule has 1 fully saturated rings. The number of phenolic OH excluding ortho intramolecular Hbond substituents is 1. The van der Waals surface area contributed by atoms with E-state index in [1.54, 1.807) is 18.2 Å². The number of carbonyl (C=O) groups excluding carboxylic acids is 1. The molecular weight excluding hydrogens is 214 g/mol. The van der Waals surface area contributed by atoms with Crippen LogP contribution in [-0.2, 0) is 0 Å². The normalized spacial score (nSPS) is 17.9. The van der Waals surface area contributed by atoms with Gasteiger partial charge >= 0.3 is 0 Å². The van der Waals surface area contributed by atoms with Crippen molar-refractivity contribution in [2.45, 2.75) is 38.6 Å². The summed E-state index contributed by atoms with van der Waals surface area (Å²) >= 11 is 0. The minimum atomic E-state index is -0.0969. The van der Waals surface area contributed by atoms with Crippen molar-refractivity contribution >= 4 is 5.91 Å². The molecule has 1 aromatic carbocycles. The summed E-state index contributed by atoms with van der Waals surface area (Å²) < 4.78 is 0. The lowest BCUT2D eigenvalue weighted by Crippen LogP contribution is -2.37. The lowest BCUT2D eigenvalue weighted by Gasteiger charge is -2.20. The Kier molecular flexibility index (Phi) is 3.67. The largest absolute Gasteiger partial charge is 0.508 e. The van der Waals surface area contributed by atoms with Crippen LogP contribution in [0, 0.1) is 5.92 Å². The van der Waals surface area contributed by atoms with Crippen LogP contribution in [-0.4, -0.2) is 17.1 Å². The van der Waals surface area contributed by atoms with Gasteiger partial charge in [0.05, 0.1) is 0 Å². The van der Waals surface area contributed by atoms with Crippen molar-refractivity contribution in [2.24, 2.45) is 5.92 Å². The topological polar surface area (TPSA) is 49.3 Å². The van der Waals surface area contributed by atoms with E-state index in [4.69, 9.17) is 0 Å². The maximum absolute atomic E-state index is 11.9. The van der Waals surface area contributed by atoms with E-state index in [2.05, 4.69) is 12.2 Å². The van der Waals surface area contributed by atoms with E-state index in [1.807, 2.05) is 0 Å². The number of aromatic hydroxyl groups is 1. The van der Waals surface area contributed by atoms with Gasteiger partial charge in [-0.25, -0.2) is 0 Å². The second kappa shape index (κ2) is 5.21. The lowest BCUT2D eigenvalue weighted by atomic mass is 9.99. The third-order valence-corrected chi connectivity index (χ3v) is 3.57. The number of rotatable bonds is 3. The predicted octanol–water partition coefficient (Wildman–Crippen LogP) is 2.70. The molecule has 3 heteroatoms. The van der Waals surface area contributed by atoms with Crippen LogP contribution >= 0.6 is 0 Å². The van der Waals surface area contributed by atoms with Crippen LogP contribution in [0.3, 0.4) is 0 Å². The fraction of sp³-hybridized carbons (Fsp3) is 0.500. The number of carbonyl (C=O) groups is 1. The van der Waals surface area contributed by atoms with E-state index in [1.165, 1.54) is 31.7 Å². The molecule has 1 unspecified atom stereocenters. The second-order valence-corrected chi connectivity index (χ2v) is 4.86. The molecular formula is C14H19NO2. The molecule has 2 N–H and O–H groups in total. The summed E-state index contributed by atoms with van der Waals surface area (Å²) in [5.41, 5.74) is 0.523. The number of benzene rings is 1. The molecule has 0 heterocycles. The maximum Gasteiger partial charge on any atom is 0.251 e. The Hall–Kier alpha value is -1.51. The van der Waals surface area contributed by atoms with Crippen LogP contribution in [0.25, 0.3) is 0 Å². The van der Waals surface area contributed by atoms with Gasteiger partial charge in [-0.1, -0.05) is 18.9 Å². The van der Waals surface area contributed by atoms with Crippen molar-refractivity contribution in [3.05, 3.63) is 29.8 Å². The first-order valence-electron chi connectivity index (χ1n) is 6.26. The highest BCUT2D eigenvalue weighted by molar-refractivity contribution is 5.94. The predicted molar refractivity (Wildman–Crippen MR) is 67.0 cm³/mol. The number of phenols is 1. The van der Waals surface area contributed by atoms with Crippen LogP contribution in [0.15, 0.2) is 24.3 Å². The van der Waals surface area contributed by atoms with Crippen LogP contribution in [0.4, 0.5) is 0 Å². The van der Waals surface area contributed by atoms with E-state index in [-0.39, 0.29) is 17.7 Å². The van der Waals surface area contributed by atoms with Gasteiger partial charge in [0, 0.05) is 11.6 Å². The minimum absolute atomic E-state index is 0.0969. The van der Waals surface area contributed by atoms with E-state index in [0.717, 1.165) is 0 Å². The van der Waals surface area contributed by atoms with Gasteiger partial charge in [-0.15, -0.1) is 0 Å². The Morgan fingerprint density at radius 3 is 2.76 bits per heavy atom. The van der Waals surface area contributed by atoms with Crippen LogP contribution in [0.1, 0.15) is 43.0 Å². The number of nitrogens with one attached hydrogen (secondary N) is 1. The fourth-order valence-corrected chi connectivity index (χ4v) is 2.51. The average Bonchev–Trinajstić information content (AvgIpc) is 2.82. The number of amides is 1. The maximum atomic E-state index is 11.9. The molecule has 1 saturated carbocycles. The monoisotopic (exact) mass is 233 g/mol. The molecule has 0 radical (unpaired) electrons. The minimum Gasteiger partial charge on any atom is -0.508 e. The molecule has 1 amide bonds. The molecule has 0 aromatic heterocycles. The van der Waals surface area contributed by atoms with Gasteiger partial charge < -0.3 is 10.4 Å². The first kappa shape index (κ1) is 12.0. The summed E-state index contributed by atoms with van der Waals surface area (Å²) in [6.07, 6.45) is 4.97. The Labute approximate surface area is 102 Å². The summed E-state index contributed by atoms with van der Waals surface area (Å²) in [6, 6.07) is 6.68. The molecule has 0 spiro atoms. The molecule has 92 valence electrons. The highest BCUT2D eigenvalue weighted by Crippen LogP contribution is 2.27. The van der Waals surface area contributed by atoms with E-state index < -0.39 is 0 Å². The quantitative estimate of drug-likeness (QED) is 0.843. The molecule has 1 aromatic rings. The van der Waals surface area contributed by atoms with Crippen molar-refractivity contribution in [1.29, 1.82) is 0 Å². The van der Waals surface area contributed by atoms with Gasteiger partial charge in [-0.05, 0) is 43.9 Å². The van der Waals surface area contributed by atoms with Crippen LogP contribution < -0.4 is 5.32 Å². The van der Waals surface area contributed by atoms with Gasteiger partial charge in [-0.2, -0.15) is 0 Å². The third-order valence-electron chi connectivity index (χ3n) is 3.57. The zero-order chi connectivity index (χ0) is 12.3. The van der Waals surface area contributed by atoms with E-state index in [9.17, 15) is 9.90 Å². The zero-order valence-electron chi connectivity index (χ0n) is 10.1. The Bertz CT molecular complexity index is 397. The summed E-state index contributed by atoms with van der Waals surface area (Å²) in [4.78, 5) is 11.9. The first-order chi connectivity index (χ1) is 8.16. The van der Waals surface area contributed by atoms with Crippen molar-refractivity contribution in [3.8, 4) is 5.75 Å². The standard InChI is InChI=1S/C14H19NO2/c1-10(11-5-2-3-6-11)15-14(17)12-7-4-8-13(16)9-12/h4,7-11,16H,2-3,5-6H2,1H3,(H,15,17). The van der Waals surface area contributed by atoms with E-state index >= 15 is 0 Å². The Balaban J connectivity index is 1.96. The smallest absolute Gasteiger partial charge is 0.251 e. The zero-order valence-corrected chi connectivity index (χ0v) is 10.1. The fourth-order valence-electron chi connectivity index (χ4n) is 2.51. The average molecular weight is 233 g/mol. The van der Waals surface area contributed by atoms with Crippen LogP contribution in [0.2, 0.25) is 0 Å². The summed E-state index contributed by atoms with van der Waals surface area (Å²) in [5, 5.41) is 12.3. The van der Waals surface area contributed by atoms with Gasteiger partial charge in [0.1, 0.15) is 5.75 Å². The lowest BCUT2D eigenvalue weighted by molar-refractivity contribution is 0.0927. The molecule has 2 rings (SSSR count). The second-order valence-electron chi connectivity index (χ2n) is 4.86. The summed E-state index contributed by atoms with van der Waals surface area (Å²) in [6.45, 7) is 2.07. The Morgan fingerprint density at radius 2 is 2.12 bits per heavy atom. The Morgan fingerprint density at radius 1 is 1.41 bits per heavy atom. The van der Waals surface area contributed by atoms with Gasteiger partial charge in [0.2, 0.25) is 0 Å². The van der Waals surface area contributed by atoms with Crippen molar-refractivity contribution in [2.75, 3.05) is 0 Å². The van der Waals surface area contributed by atoms with Crippen molar-refractivity contribution in [1.82, 2.24) is 5.32 Å².